The number of hydrogen-bond acceptors (Lipinski definition) is 4. The summed E-state index contributed by atoms with van der Waals surface area (Å²) in [7, 11) is 0. The first-order chi connectivity index (χ1) is 8.39. The van der Waals surface area contributed by atoms with E-state index in [1.165, 1.54) is 0 Å². The summed E-state index contributed by atoms with van der Waals surface area (Å²) in [4.78, 5) is 11.1. The first-order valence-corrected chi connectivity index (χ1v) is 6.13. The third-order valence-corrected chi connectivity index (χ3v) is 2.29. The van der Waals surface area contributed by atoms with Crippen molar-refractivity contribution in [2.24, 2.45) is 0 Å². The predicted octanol–water partition coefficient (Wildman–Crippen LogP) is 2.34. The summed E-state index contributed by atoms with van der Waals surface area (Å²) in [5.41, 5.74) is 0. The lowest BCUT2D eigenvalue weighted by atomic mass is 10.3. The molecule has 0 aromatic heterocycles. The molecule has 1 unspecified atom stereocenters. The molecule has 0 radical (unpaired) electrons. The second-order valence-corrected chi connectivity index (χ2v) is 5.66. The number of alkyl halides is 3. The Morgan fingerprint density at radius 2 is 1.83 bits per heavy atom. The first-order valence-electron chi connectivity index (χ1n) is 4.99. The van der Waals surface area contributed by atoms with Gasteiger partial charge in [0.1, 0.15) is 25.1 Å². The fourth-order valence-electron chi connectivity index (χ4n) is 1.01. The van der Waals surface area contributed by atoms with Gasteiger partial charge in [-0.1, -0.05) is 53.0 Å². The highest BCUT2D eigenvalue weighted by Gasteiger charge is 2.33. The van der Waals surface area contributed by atoms with Gasteiger partial charge in [0.2, 0.25) is 0 Å². The molecule has 7 heteroatoms. The minimum absolute atomic E-state index is 0.0306. The number of rotatable bonds is 5. The van der Waals surface area contributed by atoms with E-state index in [2.05, 4.69) is 4.74 Å². The molecular formula is C11H11Cl3O4. The van der Waals surface area contributed by atoms with E-state index < -0.39 is 15.9 Å². The fraction of sp³-hybridized carbons (Fsp3) is 0.364. The minimum atomic E-state index is -2.14. The van der Waals surface area contributed by atoms with Crippen LogP contribution in [0.4, 0.5) is 0 Å². The smallest absolute Gasteiger partial charge is 0.358 e. The SMILES string of the molecule is O=C(OCC(O)COc1ccccc1)C(Cl)(Cl)Cl. The van der Waals surface area contributed by atoms with Crippen molar-refractivity contribution in [3.63, 3.8) is 0 Å². The van der Waals surface area contributed by atoms with E-state index >= 15 is 0 Å². The number of carbonyl (C=O) groups is 1. The summed E-state index contributed by atoms with van der Waals surface area (Å²) in [5.74, 6) is -0.435. The Balaban J connectivity index is 2.26. The van der Waals surface area contributed by atoms with Crippen molar-refractivity contribution >= 4 is 40.8 Å². The molecule has 0 spiro atoms. The molecule has 0 saturated heterocycles. The van der Waals surface area contributed by atoms with Gasteiger partial charge in [0, 0.05) is 0 Å². The van der Waals surface area contributed by atoms with Crippen LogP contribution >= 0.6 is 34.8 Å². The van der Waals surface area contributed by atoms with Crippen molar-refractivity contribution in [2.45, 2.75) is 9.90 Å². The van der Waals surface area contributed by atoms with Crippen molar-refractivity contribution in [3.05, 3.63) is 30.3 Å². The van der Waals surface area contributed by atoms with Crippen molar-refractivity contribution in [1.29, 1.82) is 0 Å². The molecule has 0 heterocycles. The van der Waals surface area contributed by atoms with Crippen LogP contribution in [0.1, 0.15) is 0 Å². The summed E-state index contributed by atoms with van der Waals surface area (Å²) in [5, 5.41) is 9.49. The molecule has 4 nitrogen and oxygen atoms in total. The molecule has 1 rings (SSSR count). The molecule has 1 atom stereocenters. The standard InChI is InChI=1S/C11H11Cl3O4/c12-11(13,14)10(16)18-7-8(15)6-17-9-4-2-1-3-5-9/h1-5,8,15H,6-7H2. The largest absolute Gasteiger partial charge is 0.491 e. The lowest BCUT2D eigenvalue weighted by molar-refractivity contribution is -0.146. The van der Waals surface area contributed by atoms with Crippen molar-refractivity contribution in [3.8, 4) is 5.75 Å². The summed E-state index contributed by atoms with van der Waals surface area (Å²) < 4.78 is 7.70. The molecule has 0 bridgehead atoms. The van der Waals surface area contributed by atoms with E-state index in [0.29, 0.717) is 5.75 Å². The zero-order chi connectivity index (χ0) is 13.6. The molecule has 18 heavy (non-hydrogen) atoms. The summed E-state index contributed by atoms with van der Waals surface area (Å²) in [6, 6.07) is 8.90. The van der Waals surface area contributed by atoms with Gasteiger partial charge in [0.25, 0.3) is 3.79 Å². The van der Waals surface area contributed by atoms with Crippen LogP contribution < -0.4 is 4.74 Å². The molecule has 0 aliphatic rings. The summed E-state index contributed by atoms with van der Waals surface area (Å²) in [6.45, 7) is -0.337. The number of halogens is 3. The first kappa shape index (κ1) is 15.4. The van der Waals surface area contributed by atoms with Crippen LogP contribution in [0.5, 0.6) is 5.75 Å². The third kappa shape index (κ3) is 5.78. The van der Waals surface area contributed by atoms with Crippen LogP contribution in [0.2, 0.25) is 0 Å². The van der Waals surface area contributed by atoms with E-state index in [0.717, 1.165) is 0 Å². The van der Waals surface area contributed by atoms with Crippen LogP contribution in [0, 0.1) is 0 Å². The Kier molecular flexibility index (Phi) is 6.02. The zero-order valence-corrected chi connectivity index (χ0v) is 11.5. The van der Waals surface area contributed by atoms with Gasteiger partial charge in [-0.15, -0.1) is 0 Å². The van der Waals surface area contributed by atoms with Gasteiger partial charge in [-0.25, -0.2) is 4.79 Å². The number of ether oxygens (including phenoxy) is 2. The highest BCUT2D eigenvalue weighted by atomic mass is 35.6. The molecule has 100 valence electrons. The molecule has 0 amide bonds. The van der Waals surface area contributed by atoms with Gasteiger partial charge in [-0.2, -0.15) is 0 Å². The van der Waals surface area contributed by atoms with Crippen molar-refractivity contribution in [1.82, 2.24) is 0 Å². The van der Waals surface area contributed by atoms with Gasteiger partial charge >= 0.3 is 5.97 Å². The molecule has 0 aliphatic carbocycles. The van der Waals surface area contributed by atoms with E-state index in [-0.39, 0.29) is 13.2 Å². The molecule has 1 aromatic carbocycles. The number of aliphatic hydroxyl groups is 1. The highest BCUT2D eigenvalue weighted by Crippen LogP contribution is 2.27. The number of benzene rings is 1. The molecule has 1 N–H and O–H groups in total. The van der Waals surface area contributed by atoms with Crippen LogP contribution in [0.15, 0.2) is 30.3 Å². The number of carbonyl (C=O) groups excluding carboxylic acids is 1. The Hall–Kier alpha value is -0.680. The Labute approximate surface area is 119 Å². The Morgan fingerprint density at radius 1 is 1.22 bits per heavy atom. The number of aliphatic hydroxyl groups excluding tert-OH is 1. The minimum Gasteiger partial charge on any atom is -0.491 e. The summed E-state index contributed by atoms with van der Waals surface area (Å²) in [6.07, 6.45) is -0.999. The maximum absolute atomic E-state index is 11.1. The van der Waals surface area contributed by atoms with Crippen LogP contribution in [-0.4, -0.2) is 34.2 Å². The van der Waals surface area contributed by atoms with E-state index in [9.17, 15) is 9.90 Å². The van der Waals surface area contributed by atoms with Gasteiger partial charge in [-0.05, 0) is 12.1 Å². The van der Waals surface area contributed by atoms with E-state index in [4.69, 9.17) is 39.5 Å². The van der Waals surface area contributed by atoms with Crippen molar-refractivity contribution in [2.75, 3.05) is 13.2 Å². The summed E-state index contributed by atoms with van der Waals surface area (Å²) >= 11 is 15.9. The second-order valence-electron chi connectivity index (χ2n) is 3.37. The number of hydrogen-bond donors (Lipinski definition) is 1. The van der Waals surface area contributed by atoms with E-state index in [1.807, 2.05) is 6.07 Å². The van der Waals surface area contributed by atoms with Gasteiger partial charge in [0.05, 0.1) is 0 Å². The fourth-order valence-corrected chi connectivity index (χ4v) is 1.17. The second kappa shape index (κ2) is 7.04. The van der Waals surface area contributed by atoms with Gasteiger partial charge < -0.3 is 14.6 Å². The maximum Gasteiger partial charge on any atom is 0.358 e. The predicted molar refractivity (Wildman–Crippen MR) is 69.2 cm³/mol. The lowest BCUT2D eigenvalue weighted by Gasteiger charge is -2.15. The average Bonchev–Trinajstić information content (AvgIpc) is 2.33. The van der Waals surface area contributed by atoms with Gasteiger partial charge in [0.15, 0.2) is 0 Å². The van der Waals surface area contributed by atoms with Crippen LogP contribution in [-0.2, 0) is 9.53 Å². The average molecular weight is 314 g/mol. The topological polar surface area (TPSA) is 55.8 Å². The normalized spacial score (nSPS) is 12.9. The molecule has 1 aromatic rings. The van der Waals surface area contributed by atoms with Crippen molar-refractivity contribution < 1.29 is 19.4 Å². The molecule has 0 aliphatic heterocycles. The third-order valence-electron chi connectivity index (χ3n) is 1.82. The highest BCUT2D eigenvalue weighted by molar-refractivity contribution is 6.75. The molecule has 0 saturated carbocycles. The quantitative estimate of drug-likeness (QED) is 0.669. The van der Waals surface area contributed by atoms with Gasteiger partial charge in [-0.3, -0.25) is 0 Å². The van der Waals surface area contributed by atoms with Crippen LogP contribution in [0.25, 0.3) is 0 Å². The molecule has 0 fully saturated rings. The number of esters is 1. The molecular weight excluding hydrogens is 302 g/mol. The number of para-hydroxylation sites is 1. The Morgan fingerprint density at radius 3 is 2.39 bits per heavy atom. The Bertz CT molecular complexity index is 378. The van der Waals surface area contributed by atoms with E-state index in [1.54, 1.807) is 24.3 Å². The zero-order valence-electron chi connectivity index (χ0n) is 9.18. The maximum atomic E-state index is 11.1. The monoisotopic (exact) mass is 312 g/mol. The lowest BCUT2D eigenvalue weighted by Crippen LogP contribution is -2.29. The van der Waals surface area contributed by atoms with Crippen LogP contribution in [0.3, 0.4) is 0 Å².